The van der Waals surface area contributed by atoms with E-state index in [1.54, 1.807) is 28.8 Å². The molecule has 0 aliphatic carbocycles. The molecule has 2 aromatic heterocycles. The van der Waals surface area contributed by atoms with E-state index in [-0.39, 0.29) is 30.5 Å². The first-order chi connectivity index (χ1) is 16.0. The van der Waals surface area contributed by atoms with Gasteiger partial charge in [0.1, 0.15) is 0 Å². The number of hydrogen-bond donors (Lipinski definition) is 1. The van der Waals surface area contributed by atoms with Crippen molar-refractivity contribution in [2.75, 3.05) is 13.6 Å². The highest BCUT2D eigenvalue weighted by molar-refractivity contribution is 6.30. The zero-order valence-electron chi connectivity index (χ0n) is 18.1. The summed E-state index contributed by atoms with van der Waals surface area (Å²) in [6.45, 7) is 0.589. The Morgan fingerprint density at radius 3 is 2.52 bits per heavy atom. The Morgan fingerprint density at radius 2 is 1.82 bits per heavy atom. The molecule has 2 heterocycles. The van der Waals surface area contributed by atoms with Gasteiger partial charge in [0.25, 0.3) is 5.91 Å². The zero-order chi connectivity index (χ0) is 23.2. The van der Waals surface area contributed by atoms with Crippen LogP contribution in [0.15, 0.2) is 83.6 Å². The van der Waals surface area contributed by atoms with Gasteiger partial charge in [-0.1, -0.05) is 41.9 Å². The lowest BCUT2D eigenvalue weighted by Crippen LogP contribution is -2.31. The van der Waals surface area contributed by atoms with Crippen LogP contribution in [0.3, 0.4) is 0 Å². The summed E-state index contributed by atoms with van der Waals surface area (Å²) in [7, 11) is 1.74. The van der Waals surface area contributed by atoms with Gasteiger partial charge < -0.3 is 14.6 Å². The Bertz CT molecular complexity index is 1220. The molecule has 168 valence electrons. The van der Waals surface area contributed by atoms with Gasteiger partial charge in [-0.05, 0) is 36.4 Å². The molecular weight excluding hydrogens is 440 g/mol. The summed E-state index contributed by atoms with van der Waals surface area (Å²) in [5, 5.41) is 8.11. The molecule has 8 heteroatoms. The molecule has 0 spiro atoms. The maximum absolute atomic E-state index is 12.7. The lowest BCUT2D eigenvalue weighted by Gasteiger charge is -2.17. The van der Waals surface area contributed by atoms with Crippen LogP contribution in [0, 0.1) is 0 Å². The fraction of sp³-hybridized carbons (Fsp3) is 0.160. The van der Waals surface area contributed by atoms with E-state index in [1.807, 2.05) is 60.8 Å². The molecule has 4 rings (SSSR count). The highest BCUT2D eigenvalue weighted by Crippen LogP contribution is 2.26. The number of nitrogens with one attached hydrogen (secondary N) is 1. The van der Waals surface area contributed by atoms with Gasteiger partial charge in [0.15, 0.2) is 5.76 Å². The van der Waals surface area contributed by atoms with Crippen LogP contribution in [-0.2, 0) is 11.3 Å². The molecule has 0 unspecified atom stereocenters. The van der Waals surface area contributed by atoms with Gasteiger partial charge in [0.05, 0.1) is 17.6 Å². The number of para-hydroxylation sites is 1. The number of nitrogens with zero attached hydrogens (tertiary/aromatic N) is 3. The number of halogens is 1. The standard InChI is InChI=1S/C25H23ClN4O3/c1-29(23(31)13-14-27-25(32)22-8-5-15-33-22)16-19-17-30(21-6-3-2-4-7-21)28-24(19)18-9-11-20(26)12-10-18/h2-12,15,17H,13-14,16H2,1H3,(H,27,32). The van der Waals surface area contributed by atoms with E-state index in [0.717, 1.165) is 22.5 Å². The molecule has 0 atom stereocenters. The van der Waals surface area contributed by atoms with E-state index in [0.29, 0.717) is 11.6 Å². The summed E-state index contributed by atoms with van der Waals surface area (Å²) >= 11 is 6.05. The normalized spacial score (nSPS) is 10.7. The Kier molecular flexibility index (Phi) is 6.90. The van der Waals surface area contributed by atoms with Crippen LogP contribution in [0.1, 0.15) is 22.5 Å². The zero-order valence-corrected chi connectivity index (χ0v) is 18.8. The van der Waals surface area contributed by atoms with E-state index < -0.39 is 0 Å². The average molecular weight is 463 g/mol. The third-order valence-corrected chi connectivity index (χ3v) is 5.38. The van der Waals surface area contributed by atoms with Gasteiger partial charge in [-0.25, -0.2) is 4.68 Å². The number of aromatic nitrogens is 2. The summed E-state index contributed by atoms with van der Waals surface area (Å²) < 4.78 is 6.86. The SMILES string of the molecule is CN(Cc1cn(-c2ccccc2)nc1-c1ccc(Cl)cc1)C(=O)CCNC(=O)c1ccco1. The Morgan fingerprint density at radius 1 is 1.06 bits per heavy atom. The molecule has 2 amide bonds. The monoisotopic (exact) mass is 462 g/mol. The van der Waals surface area contributed by atoms with Gasteiger partial charge in [-0.2, -0.15) is 5.10 Å². The van der Waals surface area contributed by atoms with Crippen LogP contribution in [0.5, 0.6) is 0 Å². The number of hydrogen-bond acceptors (Lipinski definition) is 4. The van der Waals surface area contributed by atoms with Crippen molar-refractivity contribution in [1.82, 2.24) is 20.0 Å². The predicted molar refractivity (Wildman–Crippen MR) is 126 cm³/mol. The van der Waals surface area contributed by atoms with Crippen LogP contribution < -0.4 is 5.32 Å². The fourth-order valence-corrected chi connectivity index (χ4v) is 3.53. The molecule has 7 nitrogen and oxygen atoms in total. The summed E-state index contributed by atoms with van der Waals surface area (Å²) in [6.07, 6.45) is 3.54. The summed E-state index contributed by atoms with van der Waals surface area (Å²) in [5.74, 6) is -0.217. The molecule has 0 bridgehead atoms. The lowest BCUT2D eigenvalue weighted by molar-refractivity contribution is -0.130. The highest BCUT2D eigenvalue weighted by Gasteiger charge is 2.17. The van der Waals surface area contributed by atoms with E-state index in [2.05, 4.69) is 5.32 Å². The molecule has 1 N–H and O–H groups in total. The second-order valence-electron chi connectivity index (χ2n) is 7.52. The van der Waals surface area contributed by atoms with Crippen LogP contribution in [0.4, 0.5) is 0 Å². The molecule has 0 radical (unpaired) electrons. The molecule has 0 aliphatic heterocycles. The molecular formula is C25H23ClN4O3. The number of carbonyl (C=O) groups excluding carboxylic acids is 2. The van der Waals surface area contributed by atoms with Crippen molar-refractivity contribution >= 4 is 23.4 Å². The Labute approximate surface area is 196 Å². The van der Waals surface area contributed by atoms with Crippen molar-refractivity contribution in [2.24, 2.45) is 0 Å². The molecule has 0 saturated heterocycles. The van der Waals surface area contributed by atoms with Crippen LogP contribution in [0.2, 0.25) is 5.02 Å². The summed E-state index contributed by atoms with van der Waals surface area (Å²) in [5.41, 5.74) is 3.52. The number of amides is 2. The lowest BCUT2D eigenvalue weighted by atomic mass is 10.1. The maximum atomic E-state index is 12.7. The van der Waals surface area contributed by atoms with Crippen molar-refractivity contribution in [3.63, 3.8) is 0 Å². The molecule has 4 aromatic rings. The number of benzene rings is 2. The van der Waals surface area contributed by atoms with Crippen LogP contribution in [0.25, 0.3) is 16.9 Å². The van der Waals surface area contributed by atoms with Crippen molar-refractivity contribution in [3.05, 3.63) is 95.5 Å². The fourth-order valence-electron chi connectivity index (χ4n) is 3.40. The van der Waals surface area contributed by atoms with E-state index in [9.17, 15) is 9.59 Å². The first kappa shape index (κ1) is 22.4. The van der Waals surface area contributed by atoms with Crippen LogP contribution >= 0.6 is 11.6 Å². The third kappa shape index (κ3) is 5.51. The molecule has 33 heavy (non-hydrogen) atoms. The van der Waals surface area contributed by atoms with Crippen LogP contribution in [-0.4, -0.2) is 40.1 Å². The minimum Gasteiger partial charge on any atom is -0.459 e. The first-order valence-corrected chi connectivity index (χ1v) is 10.8. The topological polar surface area (TPSA) is 80.4 Å². The smallest absolute Gasteiger partial charge is 0.286 e. The van der Waals surface area contributed by atoms with Crippen molar-refractivity contribution in [1.29, 1.82) is 0 Å². The first-order valence-electron chi connectivity index (χ1n) is 10.5. The van der Waals surface area contributed by atoms with Gasteiger partial charge in [0.2, 0.25) is 5.91 Å². The summed E-state index contributed by atoms with van der Waals surface area (Å²) in [4.78, 5) is 26.3. The van der Waals surface area contributed by atoms with Gasteiger partial charge >= 0.3 is 0 Å². The largest absolute Gasteiger partial charge is 0.459 e. The molecule has 0 aliphatic rings. The Hall–Kier alpha value is -3.84. The minimum atomic E-state index is -0.343. The minimum absolute atomic E-state index is 0.0933. The number of rotatable bonds is 8. The number of carbonyl (C=O) groups is 2. The summed E-state index contributed by atoms with van der Waals surface area (Å²) in [6, 6.07) is 20.5. The van der Waals surface area contributed by atoms with Crippen molar-refractivity contribution in [3.8, 4) is 16.9 Å². The Balaban J connectivity index is 1.47. The molecule has 0 saturated carbocycles. The molecule has 2 aromatic carbocycles. The van der Waals surface area contributed by atoms with E-state index >= 15 is 0 Å². The van der Waals surface area contributed by atoms with Crippen molar-refractivity contribution in [2.45, 2.75) is 13.0 Å². The predicted octanol–water partition coefficient (Wildman–Crippen LogP) is 4.56. The van der Waals surface area contributed by atoms with Gasteiger partial charge in [-0.3, -0.25) is 9.59 Å². The van der Waals surface area contributed by atoms with Gasteiger partial charge in [0, 0.05) is 48.9 Å². The molecule has 0 fully saturated rings. The second kappa shape index (κ2) is 10.2. The average Bonchev–Trinajstić information content (AvgIpc) is 3.51. The van der Waals surface area contributed by atoms with E-state index in [4.69, 9.17) is 21.1 Å². The van der Waals surface area contributed by atoms with Crippen molar-refractivity contribution < 1.29 is 14.0 Å². The van der Waals surface area contributed by atoms with E-state index in [1.165, 1.54) is 6.26 Å². The quantitative estimate of drug-likeness (QED) is 0.416. The second-order valence-corrected chi connectivity index (χ2v) is 7.96. The third-order valence-electron chi connectivity index (χ3n) is 5.13. The number of furan rings is 1. The van der Waals surface area contributed by atoms with Gasteiger partial charge in [-0.15, -0.1) is 0 Å². The maximum Gasteiger partial charge on any atom is 0.286 e. The highest BCUT2D eigenvalue weighted by atomic mass is 35.5.